The lowest BCUT2D eigenvalue weighted by Gasteiger charge is -2.25. The third-order valence-corrected chi connectivity index (χ3v) is 10.1. The van der Waals surface area contributed by atoms with E-state index < -0.39 is 32.5 Å². The van der Waals surface area contributed by atoms with Crippen LogP contribution in [0, 0.1) is 20.8 Å². The summed E-state index contributed by atoms with van der Waals surface area (Å²) in [7, 11) is -8.11. The van der Waals surface area contributed by atoms with E-state index in [1.807, 2.05) is 32.9 Å². The van der Waals surface area contributed by atoms with E-state index in [2.05, 4.69) is 10.0 Å². The normalized spacial score (nSPS) is 11.6. The molecule has 0 aliphatic carbocycles. The van der Waals surface area contributed by atoms with Gasteiger partial charge in [0.25, 0.3) is 20.0 Å². The Labute approximate surface area is 250 Å². The summed E-state index contributed by atoms with van der Waals surface area (Å²) in [5.41, 5.74) is 3.42. The molecule has 0 radical (unpaired) electrons. The molecule has 8 nitrogen and oxygen atoms in total. The molecule has 2 N–H and O–H groups in total. The summed E-state index contributed by atoms with van der Waals surface area (Å²) >= 11 is 12.5. The van der Waals surface area contributed by atoms with E-state index in [4.69, 9.17) is 23.2 Å². The van der Waals surface area contributed by atoms with Gasteiger partial charge in [-0.3, -0.25) is 13.8 Å². The number of nitrogens with one attached hydrogen (secondary N) is 2. The smallest absolute Gasteiger partial charge is 0.264 e. The Bertz CT molecular complexity index is 1810. The van der Waals surface area contributed by atoms with Crippen molar-refractivity contribution < 1.29 is 21.6 Å². The molecule has 0 aliphatic rings. The molecular formula is C29H27Cl2N3O5S2. The molecule has 0 aliphatic heterocycles. The van der Waals surface area contributed by atoms with Crippen LogP contribution in [0.25, 0.3) is 0 Å². The van der Waals surface area contributed by atoms with E-state index in [-0.39, 0.29) is 31.2 Å². The van der Waals surface area contributed by atoms with E-state index in [0.29, 0.717) is 5.69 Å². The van der Waals surface area contributed by atoms with Gasteiger partial charge < -0.3 is 5.32 Å². The summed E-state index contributed by atoms with van der Waals surface area (Å²) in [5.74, 6) is -0.680. The number of aryl methyl sites for hydroxylation is 3. The molecule has 0 unspecified atom stereocenters. The van der Waals surface area contributed by atoms with Crippen molar-refractivity contribution in [1.82, 2.24) is 0 Å². The Kier molecular flexibility index (Phi) is 8.98. The van der Waals surface area contributed by atoms with Crippen LogP contribution in [0.1, 0.15) is 16.7 Å². The number of nitrogens with zero attached hydrogens (tertiary/aromatic N) is 1. The summed E-state index contributed by atoms with van der Waals surface area (Å²) in [4.78, 5) is 13.0. The average Bonchev–Trinajstić information content (AvgIpc) is 2.91. The van der Waals surface area contributed by atoms with Crippen LogP contribution in [-0.4, -0.2) is 29.3 Å². The van der Waals surface area contributed by atoms with Gasteiger partial charge in [0, 0.05) is 5.69 Å². The van der Waals surface area contributed by atoms with Gasteiger partial charge in [-0.2, -0.15) is 0 Å². The van der Waals surface area contributed by atoms with Crippen LogP contribution in [0.5, 0.6) is 0 Å². The van der Waals surface area contributed by atoms with Crippen molar-refractivity contribution in [3.8, 4) is 0 Å². The molecule has 0 saturated heterocycles. The third kappa shape index (κ3) is 7.02. The lowest BCUT2D eigenvalue weighted by atomic mass is 10.1. The summed E-state index contributed by atoms with van der Waals surface area (Å²) in [6, 6.07) is 21.6. The van der Waals surface area contributed by atoms with E-state index >= 15 is 0 Å². The Morgan fingerprint density at radius 2 is 1.39 bits per heavy atom. The predicted octanol–water partition coefficient (Wildman–Crippen LogP) is 6.55. The number of benzene rings is 4. The second-order valence-corrected chi connectivity index (χ2v) is 13.7. The predicted molar refractivity (Wildman–Crippen MR) is 164 cm³/mol. The molecule has 4 aromatic carbocycles. The molecule has 0 atom stereocenters. The van der Waals surface area contributed by atoms with Gasteiger partial charge >= 0.3 is 0 Å². The number of rotatable bonds is 9. The van der Waals surface area contributed by atoms with Gasteiger partial charge in [0.15, 0.2) is 0 Å². The van der Waals surface area contributed by atoms with Gasteiger partial charge in [-0.25, -0.2) is 16.8 Å². The number of carbonyl (C=O) groups excluding carboxylic acids is 1. The highest BCUT2D eigenvalue weighted by Gasteiger charge is 2.29. The quantitative estimate of drug-likeness (QED) is 0.217. The first kappa shape index (κ1) is 30.4. The van der Waals surface area contributed by atoms with E-state index in [1.165, 1.54) is 54.6 Å². The molecule has 214 valence electrons. The number of halogens is 2. The van der Waals surface area contributed by atoms with Crippen molar-refractivity contribution in [2.45, 2.75) is 30.6 Å². The highest BCUT2D eigenvalue weighted by atomic mass is 35.5. The Hall–Kier alpha value is -3.57. The van der Waals surface area contributed by atoms with Crippen molar-refractivity contribution in [1.29, 1.82) is 0 Å². The van der Waals surface area contributed by atoms with Crippen LogP contribution in [0.2, 0.25) is 10.0 Å². The fourth-order valence-electron chi connectivity index (χ4n) is 4.00. The van der Waals surface area contributed by atoms with Crippen LogP contribution in [0.3, 0.4) is 0 Å². The zero-order valence-electron chi connectivity index (χ0n) is 22.4. The molecule has 4 rings (SSSR count). The zero-order valence-corrected chi connectivity index (χ0v) is 25.5. The molecule has 0 bridgehead atoms. The molecular weight excluding hydrogens is 605 g/mol. The van der Waals surface area contributed by atoms with Crippen LogP contribution in [-0.2, 0) is 24.8 Å². The third-order valence-electron chi connectivity index (χ3n) is 6.17. The van der Waals surface area contributed by atoms with Gasteiger partial charge in [-0.05, 0) is 80.9 Å². The molecule has 41 heavy (non-hydrogen) atoms. The number of sulfonamides is 2. The highest BCUT2D eigenvalue weighted by molar-refractivity contribution is 7.93. The first-order valence-corrected chi connectivity index (χ1v) is 16.0. The maximum atomic E-state index is 13.6. The summed E-state index contributed by atoms with van der Waals surface area (Å²) < 4.78 is 56.5. The van der Waals surface area contributed by atoms with E-state index in [1.54, 1.807) is 18.2 Å². The van der Waals surface area contributed by atoms with Gasteiger partial charge in [-0.15, -0.1) is 0 Å². The van der Waals surface area contributed by atoms with E-state index in [9.17, 15) is 21.6 Å². The molecule has 12 heteroatoms. The number of carbonyl (C=O) groups is 1. The SMILES string of the molecule is Cc1ccc(S(=O)(=O)N(CC(=O)Nc2ccc(S(=O)(=O)Nc3ccc(C)cc3C)cc2)c2cccc(Cl)c2Cl)cc1. The Morgan fingerprint density at radius 1 is 0.780 bits per heavy atom. The molecule has 0 spiro atoms. The monoisotopic (exact) mass is 631 g/mol. The minimum Gasteiger partial charge on any atom is -0.325 e. The lowest BCUT2D eigenvalue weighted by Crippen LogP contribution is -2.38. The second kappa shape index (κ2) is 12.1. The molecule has 0 saturated carbocycles. The fraction of sp³-hybridized carbons (Fsp3) is 0.138. The lowest BCUT2D eigenvalue weighted by molar-refractivity contribution is -0.114. The molecule has 0 aromatic heterocycles. The topological polar surface area (TPSA) is 113 Å². The Balaban J connectivity index is 1.56. The molecule has 0 heterocycles. The summed E-state index contributed by atoms with van der Waals surface area (Å²) in [6.07, 6.45) is 0. The van der Waals surface area contributed by atoms with E-state index in [0.717, 1.165) is 21.0 Å². The van der Waals surface area contributed by atoms with Gasteiger partial charge in [-0.1, -0.05) is 64.7 Å². The van der Waals surface area contributed by atoms with Crippen molar-refractivity contribution in [2.75, 3.05) is 20.9 Å². The minimum absolute atomic E-state index is 0.00948. The maximum Gasteiger partial charge on any atom is 0.264 e. The van der Waals surface area contributed by atoms with Gasteiger partial charge in [0.2, 0.25) is 5.91 Å². The van der Waals surface area contributed by atoms with Crippen molar-refractivity contribution in [3.05, 3.63) is 112 Å². The van der Waals surface area contributed by atoms with Crippen molar-refractivity contribution >= 4 is 66.2 Å². The number of amides is 1. The first-order valence-electron chi connectivity index (χ1n) is 12.3. The van der Waals surface area contributed by atoms with Crippen LogP contribution < -0.4 is 14.3 Å². The highest BCUT2D eigenvalue weighted by Crippen LogP contribution is 2.35. The van der Waals surface area contributed by atoms with Crippen molar-refractivity contribution in [3.63, 3.8) is 0 Å². The number of hydrogen-bond acceptors (Lipinski definition) is 5. The van der Waals surface area contributed by atoms with Gasteiger partial charge in [0.05, 0.1) is 31.2 Å². The minimum atomic E-state index is -4.22. The standard InChI is InChI=1S/C29H27Cl2N3O5S2/c1-19-7-12-24(13-8-19)41(38,39)34(27-6-4-5-25(30)29(27)31)18-28(35)32-22-10-14-23(15-11-22)40(36,37)33-26-16-9-20(2)17-21(26)3/h4-17,33H,18H2,1-3H3,(H,32,35). The largest absolute Gasteiger partial charge is 0.325 e. The summed E-state index contributed by atoms with van der Waals surface area (Å²) in [5, 5.41) is 2.72. The Morgan fingerprint density at radius 3 is 2.02 bits per heavy atom. The molecule has 1 amide bonds. The van der Waals surface area contributed by atoms with Crippen LogP contribution in [0.15, 0.2) is 94.7 Å². The molecule has 0 fully saturated rings. The number of hydrogen-bond donors (Lipinski definition) is 2. The molecule has 4 aromatic rings. The van der Waals surface area contributed by atoms with Crippen LogP contribution in [0.4, 0.5) is 17.1 Å². The average molecular weight is 633 g/mol. The van der Waals surface area contributed by atoms with Crippen LogP contribution >= 0.6 is 23.2 Å². The first-order chi connectivity index (χ1) is 19.3. The van der Waals surface area contributed by atoms with Crippen molar-refractivity contribution in [2.24, 2.45) is 0 Å². The maximum absolute atomic E-state index is 13.6. The fourth-order valence-corrected chi connectivity index (χ4v) is 7.01. The number of anilines is 3. The summed E-state index contributed by atoms with van der Waals surface area (Å²) in [6.45, 7) is 4.93. The van der Waals surface area contributed by atoms with Gasteiger partial charge in [0.1, 0.15) is 6.54 Å². The zero-order chi connectivity index (χ0) is 29.9. The second-order valence-electron chi connectivity index (χ2n) is 9.39.